The van der Waals surface area contributed by atoms with E-state index in [9.17, 15) is 14.4 Å². The van der Waals surface area contributed by atoms with Gasteiger partial charge in [0.25, 0.3) is 0 Å². The van der Waals surface area contributed by atoms with Crippen molar-refractivity contribution in [3.8, 4) is 0 Å². The summed E-state index contributed by atoms with van der Waals surface area (Å²) in [5, 5.41) is 0. The number of unbranched alkanes of at least 4 members (excludes halogenated alkanes) is 36. The molecule has 0 spiro atoms. The first-order chi connectivity index (χ1) is 35.5. The predicted molar refractivity (Wildman–Crippen MR) is 312 cm³/mol. The molecule has 0 aromatic rings. The highest BCUT2D eigenvalue weighted by molar-refractivity contribution is 5.71. The second kappa shape index (κ2) is 60.7. The molecule has 1 atom stereocenters. The smallest absolute Gasteiger partial charge is 0.306 e. The highest BCUT2D eigenvalue weighted by atomic mass is 16.6. The number of rotatable bonds is 57. The molecule has 0 radical (unpaired) electrons. The summed E-state index contributed by atoms with van der Waals surface area (Å²) in [6.45, 7) is 6.54. The van der Waals surface area contributed by atoms with Crippen molar-refractivity contribution >= 4 is 17.9 Å². The highest BCUT2D eigenvalue weighted by Gasteiger charge is 2.19. The van der Waals surface area contributed by atoms with E-state index >= 15 is 0 Å². The van der Waals surface area contributed by atoms with E-state index < -0.39 is 6.10 Å². The van der Waals surface area contributed by atoms with Crippen LogP contribution in [0.15, 0.2) is 60.8 Å². The minimum absolute atomic E-state index is 0.0742. The van der Waals surface area contributed by atoms with Gasteiger partial charge in [0.05, 0.1) is 0 Å². The van der Waals surface area contributed by atoms with E-state index in [0.29, 0.717) is 19.3 Å². The van der Waals surface area contributed by atoms with Crippen LogP contribution in [0.25, 0.3) is 0 Å². The molecule has 0 aliphatic rings. The normalized spacial score (nSPS) is 12.4. The van der Waals surface area contributed by atoms with Gasteiger partial charge in [-0.1, -0.05) is 281 Å². The van der Waals surface area contributed by atoms with E-state index in [1.807, 2.05) is 0 Å². The van der Waals surface area contributed by atoms with Crippen molar-refractivity contribution in [2.24, 2.45) is 0 Å². The number of carbonyl (C=O) groups is 3. The van der Waals surface area contributed by atoms with E-state index in [2.05, 4.69) is 81.5 Å². The maximum absolute atomic E-state index is 12.9. The Morgan fingerprint density at radius 1 is 0.292 bits per heavy atom. The van der Waals surface area contributed by atoms with Gasteiger partial charge in [0, 0.05) is 19.3 Å². The Kier molecular flexibility index (Phi) is 58.2. The van der Waals surface area contributed by atoms with Crippen LogP contribution in [0.5, 0.6) is 0 Å². The first kappa shape index (κ1) is 69.1. The van der Waals surface area contributed by atoms with Crippen LogP contribution in [0, 0.1) is 0 Å². The van der Waals surface area contributed by atoms with Crippen LogP contribution < -0.4 is 0 Å². The Hall–Kier alpha value is -2.89. The van der Waals surface area contributed by atoms with E-state index in [-0.39, 0.29) is 31.1 Å². The second-order valence-corrected chi connectivity index (χ2v) is 20.9. The number of carbonyl (C=O) groups excluding carboxylic acids is 3. The first-order valence-electron chi connectivity index (χ1n) is 31.3. The summed E-state index contributed by atoms with van der Waals surface area (Å²) in [6, 6.07) is 0. The number of ether oxygens (including phenoxy) is 3. The minimum atomic E-state index is -0.776. The molecule has 418 valence electrons. The molecule has 0 aliphatic heterocycles. The van der Waals surface area contributed by atoms with Gasteiger partial charge in [-0.25, -0.2) is 0 Å². The molecule has 0 N–H and O–H groups in total. The summed E-state index contributed by atoms with van der Waals surface area (Å²) in [7, 11) is 0. The van der Waals surface area contributed by atoms with Crippen molar-refractivity contribution < 1.29 is 28.6 Å². The lowest BCUT2D eigenvalue weighted by Gasteiger charge is -2.18. The molecule has 0 bridgehead atoms. The van der Waals surface area contributed by atoms with Gasteiger partial charge in [-0.3, -0.25) is 14.4 Å². The Morgan fingerprint density at radius 3 is 0.889 bits per heavy atom. The fourth-order valence-corrected chi connectivity index (χ4v) is 9.08. The van der Waals surface area contributed by atoms with Gasteiger partial charge in [0.15, 0.2) is 6.10 Å². The van der Waals surface area contributed by atoms with Crippen molar-refractivity contribution in [3.05, 3.63) is 60.8 Å². The average Bonchev–Trinajstić information content (AvgIpc) is 3.38. The molecule has 6 heteroatoms. The fourth-order valence-electron chi connectivity index (χ4n) is 9.08. The second-order valence-electron chi connectivity index (χ2n) is 20.9. The molecule has 0 aromatic carbocycles. The maximum Gasteiger partial charge on any atom is 0.306 e. The summed E-state index contributed by atoms with van der Waals surface area (Å²) < 4.78 is 16.9. The summed E-state index contributed by atoms with van der Waals surface area (Å²) in [5.41, 5.74) is 0. The lowest BCUT2D eigenvalue weighted by atomic mass is 10.0. The molecule has 72 heavy (non-hydrogen) atoms. The molecule has 0 saturated carbocycles. The van der Waals surface area contributed by atoms with Gasteiger partial charge in [-0.15, -0.1) is 0 Å². The molecule has 0 aromatic heterocycles. The quantitative estimate of drug-likeness (QED) is 0.0261. The van der Waals surface area contributed by atoms with Crippen LogP contribution >= 0.6 is 0 Å². The number of allylic oxidation sites excluding steroid dienone is 10. The monoisotopic (exact) mass is 1010 g/mol. The first-order valence-corrected chi connectivity index (χ1v) is 31.3. The Balaban J connectivity index is 4.26. The molecule has 0 fully saturated rings. The zero-order valence-corrected chi connectivity index (χ0v) is 47.9. The summed E-state index contributed by atoms with van der Waals surface area (Å²) >= 11 is 0. The molecule has 0 heterocycles. The molecule has 0 aliphatic carbocycles. The van der Waals surface area contributed by atoms with E-state index in [1.165, 1.54) is 193 Å². The highest BCUT2D eigenvalue weighted by Crippen LogP contribution is 2.17. The van der Waals surface area contributed by atoms with Crippen molar-refractivity contribution in [2.45, 2.75) is 329 Å². The van der Waals surface area contributed by atoms with Gasteiger partial charge < -0.3 is 14.2 Å². The largest absolute Gasteiger partial charge is 0.462 e. The Bertz CT molecular complexity index is 1290. The minimum Gasteiger partial charge on any atom is -0.462 e. The SMILES string of the molecule is CC/C=C\C/C=C\C/C=C\C/C=C\CCCCCCCCCCCCCCC(=O)OCC(COC(=O)CCCCCCC/C=C\CCCCC)OC(=O)CCCCCCCCCCCCCCCCCCC. The summed E-state index contributed by atoms with van der Waals surface area (Å²) in [6.07, 6.45) is 76.5. The van der Waals surface area contributed by atoms with E-state index in [4.69, 9.17) is 14.2 Å². The molecular formula is C66H118O6. The van der Waals surface area contributed by atoms with Crippen molar-refractivity contribution in [2.75, 3.05) is 13.2 Å². The molecule has 0 amide bonds. The molecule has 0 rings (SSSR count). The van der Waals surface area contributed by atoms with Crippen LogP contribution in [-0.4, -0.2) is 37.2 Å². The third-order valence-electron chi connectivity index (χ3n) is 13.8. The standard InChI is InChI=1S/C66H118O6/c1-4-7-10-13-16-19-22-25-27-29-30-31-32-33-34-35-36-38-39-41-44-47-50-53-56-59-65(68)71-62-63(61-70-64(67)58-55-52-49-46-43-24-21-18-15-12-9-6-3)72-66(69)60-57-54-51-48-45-42-40-37-28-26-23-20-17-14-11-8-5-2/h7,10,16,18-19,21,25,27,30-31,63H,4-6,8-9,11-15,17,20,22-24,26,28-29,32-62H2,1-3H3/b10-7-,19-16-,21-18-,27-25-,31-30-. The van der Waals surface area contributed by atoms with Gasteiger partial charge in [-0.2, -0.15) is 0 Å². The number of hydrogen-bond donors (Lipinski definition) is 0. The van der Waals surface area contributed by atoms with Crippen molar-refractivity contribution in [1.82, 2.24) is 0 Å². The summed E-state index contributed by atoms with van der Waals surface area (Å²) in [4.78, 5) is 38.2. The van der Waals surface area contributed by atoms with E-state index in [1.54, 1.807) is 0 Å². The summed E-state index contributed by atoms with van der Waals surface area (Å²) in [5.74, 6) is -0.868. The van der Waals surface area contributed by atoms with Gasteiger partial charge >= 0.3 is 17.9 Å². The Morgan fingerprint density at radius 2 is 0.542 bits per heavy atom. The lowest BCUT2D eigenvalue weighted by Crippen LogP contribution is -2.30. The van der Waals surface area contributed by atoms with Crippen LogP contribution in [0.2, 0.25) is 0 Å². The van der Waals surface area contributed by atoms with Crippen molar-refractivity contribution in [3.63, 3.8) is 0 Å². The molecule has 1 unspecified atom stereocenters. The number of esters is 3. The van der Waals surface area contributed by atoms with Crippen LogP contribution in [0.3, 0.4) is 0 Å². The molecular weight excluding hydrogens is 889 g/mol. The maximum atomic E-state index is 12.9. The molecule has 0 saturated heterocycles. The average molecular weight is 1010 g/mol. The fraction of sp³-hybridized carbons (Fsp3) is 0.803. The van der Waals surface area contributed by atoms with Crippen LogP contribution in [0.4, 0.5) is 0 Å². The van der Waals surface area contributed by atoms with Gasteiger partial charge in [0.2, 0.25) is 0 Å². The lowest BCUT2D eigenvalue weighted by molar-refractivity contribution is -0.167. The zero-order valence-electron chi connectivity index (χ0n) is 47.9. The molecule has 6 nitrogen and oxygen atoms in total. The Labute approximate surface area is 447 Å². The van der Waals surface area contributed by atoms with E-state index in [0.717, 1.165) is 89.9 Å². The van der Waals surface area contributed by atoms with Crippen molar-refractivity contribution in [1.29, 1.82) is 0 Å². The predicted octanol–water partition coefficient (Wildman–Crippen LogP) is 21.2. The third-order valence-corrected chi connectivity index (χ3v) is 13.8. The topological polar surface area (TPSA) is 78.9 Å². The zero-order chi connectivity index (χ0) is 52.2. The van der Waals surface area contributed by atoms with Crippen LogP contribution in [-0.2, 0) is 28.6 Å². The van der Waals surface area contributed by atoms with Gasteiger partial charge in [0.1, 0.15) is 13.2 Å². The van der Waals surface area contributed by atoms with Gasteiger partial charge in [-0.05, 0) is 83.5 Å². The van der Waals surface area contributed by atoms with Crippen LogP contribution in [0.1, 0.15) is 323 Å². The third kappa shape index (κ3) is 58.0. The number of hydrogen-bond acceptors (Lipinski definition) is 6.